The second kappa shape index (κ2) is 4.68. The molecule has 19 heavy (non-hydrogen) atoms. The van der Waals surface area contributed by atoms with E-state index in [1.807, 2.05) is 47.0 Å². The highest BCUT2D eigenvalue weighted by Gasteiger charge is 2.13. The molecule has 0 saturated heterocycles. The van der Waals surface area contributed by atoms with Crippen molar-refractivity contribution < 1.29 is 5.11 Å². The standard InChI is InChI=1S/C14H12BrN3O/c15-10-3-1-2-4-12(10)18-13-6-5-9(16)7-11(13)17-14(18)8-19/h1-7,19H,8,16H2. The molecule has 0 aliphatic rings. The van der Waals surface area contributed by atoms with Crippen LogP contribution in [0.15, 0.2) is 46.9 Å². The van der Waals surface area contributed by atoms with Crippen molar-refractivity contribution in [2.24, 2.45) is 0 Å². The van der Waals surface area contributed by atoms with Crippen LogP contribution in [0.3, 0.4) is 0 Å². The van der Waals surface area contributed by atoms with E-state index in [9.17, 15) is 5.11 Å². The molecule has 0 atom stereocenters. The van der Waals surface area contributed by atoms with Crippen LogP contribution in [-0.2, 0) is 6.61 Å². The molecule has 5 heteroatoms. The summed E-state index contributed by atoms with van der Waals surface area (Å²) < 4.78 is 2.87. The van der Waals surface area contributed by atoms with Gasteiger partial charge < -0.3 is 10.8 Å². The molecule has 0 spiro atoms. The van der Waals surface area contributed by atoms with Crippen LogP contribution in [0, 0.1) is 0 Å². The summed E-state index contributed by atoms with van der Waals surface area (Å²) in [5.74, 6) is 0.590. The second-order valence-corrected chi connectivity index (χ2v) is 5.08. The second-order valence-electron chi connectivity index (χ2n) is 4.22. The fraction of sp³-hybridized carbons (Fsp3) is 0.0714. The smallest absolute Gasteiger partial charge is 0.140 e. The van der Waals surface area contributed by atoms with E-state index < -0.39 is 0 Å². The fourth-order valence-corrected chi connectivity index (χ4v) is 2.62. The molecule has 1 heterocycles. The van der Waals surface area contributed by atoms with E-state index in [4.69, 9.17) is 5.73 Å². The molecule has 3 N–H and O–H groups in total. The summed E-state index contributed by atoms with van der Waals surface area (Å²) in [6.45, 7) is -0.129. The maximum absolute atomic E-state index is 9.51. The van der Waals surface area contributed by atoms with Gasteiger partial charge in [0.15, 0.2) is 0 Å². The summed E-state index contributed by atoms with van der Waals surface area (Å²) >= 11 is 3.53. The number of benzene rings is 2. The van der Waals surface area contributed by atoms with Crippen LogP contribution in [0.1, 0.15) is 5.82 Å². The molecule has 0 radical (unpaired) electrons. The average molecular weight is 318 g/mol. The molecule has 3 aromatic rings. The zero-order valence-corrected chi connectivity index (χ0v) is 11.6. The third-order valence-corrected chi connectivity index (χ3v) is 3.65. The Bertz CT molecular complexity index is 752. The van der Waals surface area contributed by atoms with Gasteiger partial charge in [-0.25, -0.2) is 4.98 Å². The first-order valence-electron chi connectivity index (χ1n) is 5.83. The monoisotopic (exact) mass is 317 g/mol. The van der Waals surface area contributed by atoms with Crippen molar-refractivity contribution >= 4 is 32.7 Å². The molecule has 1 aromatic heterocycles. The number of nitrogens with two attached hydrogens (primary N) is 1. The minimum atomic E-state index is -0.129. The Kier molecular flexibility index (Phi) is 3.00. The predicted octanol–water partition coefficient (Wildman–Crippen LogP) is 2.86. The topological polar surface area (TPSA) is 64.1 Å². The minimum absolute atomic E-state index is 0.129. The Labute approximate surface area is 118 Å². The Balaban J connectivity index is 2.36. The number of aliphatic hydroxyl groups excluding tert-OH is 1. The van der Waals surface area contributed by atoms with Crippen molar-refractivity contribution in [1.82, 2.24) is 9.55 Å². The molecule has 3 rings (SSSR count). The largest absolute Gasteiger partial charge is 0.399 e. The van der Waals surface area contributed by atoms with E-state index in [-0.39, 0.29) is 6.61 Å². The summed E-state index contributed by atoms with van der Waals surface area (Å²) in [6, 6.07) is 13.4. The van der Waals surface area contributed by atoms with Gasteiger partial charge in [-0.15, -0.1) is 0 Å². The highest BCUT2D eigenvalue weighted by Crippen LogP contribution is 2.28. The van der Waals surface area contributed by atoms with E-state index in [0.717, 1.165) is 21.2 Å². The molecule has 0 unspecified atom stereocenters. The maximum atomic E-state index is 9.51. The number of para-hydroxylation sites is 1. The lowest BCUT2D eigenvalue weighted by Crippen LogP contribution is -2.01. The number of halogens is 1. The van der Waals surface area contributed by atoms with Crippen LogP contribution < -0.4 is 5.73 Å². The van der Waals surface area contributed by atoms with Gasteiger partial charge in [-0.05, 0) is 46.3 Å². The number of aliphatic hydroxyl groups is 1. The molecular weight excluding hydrogens is 306 g/mol. The number of fused-ring (bicyclic) bond motifs is 1. The van der Waals surface area contributed by atoms with E-state index in [1.165, 1.54) is 0 Å². The van der Waals surface area contributed by atoms with Crippen LogP contribution in [0.2, 0.25) is 0 Å². The highest BCUT2D eigenvalue weighted by molar-refractivity contribution is 9.10. The SMILES string of the molecule is Nc1ccc2c(c1)nc(CO)n2-c1ccccc1Br. The van der Waals surface area contributed by atoms with Crippen LogP contribution in [-0.4, -0.2) is 14.7 Å². The summed E-state index contributed by atoms with van der Waals surface area (Å²) in [6.07, 6.45) is 0. The summed E-state index contributed by atoms with van der Waals surface area (Å²) in [7, 11) is 0. The number of anilines is 1. The minimum Gasteiger partial charge on any atom is -0.399 e. The van der Waals surface area contributed by atoms with Gasteiger partial charge in [0.2, 0.25) is 0 Å². The van der Waals surface area contributed by atoms with Gasteiger partial charge in [0.25, 0.3) is 0 Å². The van der Waals surface area contributed by atoms with Crippen molar-refractivity contribution in [3.05, 3.63) is 52.8 Å². The van der Waals surface area contributed by atoms with Gasteiger partial charge in [-0.1, -0.05) is 12.1 Å². The Morgan fingerprint density at radius 1 is 1.21 bits per heavy atom. The van der Waals surface area contributed by atoms with Gasteiger partial charge in [0, 0.05) is 10.2 Å². The van der Waals surface area contributed by atoms with Crippen molar-refractivity contribution in [1.29, 1.82) is 0 Å². The number of rotatable bonds is 2. The molecule has 0 fully saturated rings. The normalized spacial score (nSPS) is 11.1. The Morgan fingerprint density at radius 3 is 2.74 bits per heavy atom. The van der Waals surface area contributed by atoms with Gasteiger partial charge in [0.1, 0.15) is 12.4 Å². The molecule has 0 aliphatic carbocycles. The van der Waals surface area contributed by atoms with Crippen LogP contribution in [0.5, 0.6) is 0 Å². The van der Waals surface area contributed by atoms with Crippen LogP contribution >= 0.6 is 15.9 Å². The van der Waals surface area contributed by atoms with E-state index >= 15 is 0 Å². The molecule has 2 aromatic carbocycles. The molecule has 4 nitrogen and oxygen atoms in total. The number of nitrogens with zero attached hydrogens (tertiary/aromatic N) is 2. The average Bonchev–Trinajstić information content (AvgIpc) is 2.76. The van der Waals surface area contributed by atoms with Crippen molar-refractivity contribution in [2.45, 2.75) is 6.61 Å². The first-order chi connectivity index (χ1) is 9.20. The van der Waals surface area contributed by atoms with Gasteiger partial charge >= 0.3 is 0 Å². The first kappa shape index (κ1) is 12.2. The molecule has 0 amide bonds. The van der Waals surface area contributed by atoms with E-state index in [1.54, 1.807) is 0 Å². The van der Waals surface area contributed by atoms with Crippen molar-refractivity contribution in [2.75, 3.05) is 5.73 Å². The molecule has 0 aliphatic heterocycles. The number of nitrogen functional groups attached to an aromatic ring is 1. The van der Waals surface area contributed by atoms with Crippen LogP contribution in [0.4, 0.5) is 5.69 Å². The van der Waals surface area contributed by atoms with Gasteiger partial charge in [-0.3, -0.25) is 4.57 Å². The van der Waals surface area contributed by atoms with Crippen molar-refractivity contribution in [3.63, 3.8) is 0 Å². The number of imidazole rings is 1. The van der Waals surface area contributed by atoms with Gasteiger partial charge in [0.05, 0.1) is 16.7 Å². The Hall–Kier alpha value is -1.85. The maximum Gasteiger partial charge on any atom is 0.140 e. The molecule has 96 valence electrons. The number of aromatic nitrogens is 2. The van der Waals surface area contributed by atoms with Crippen molar-refractivity contribution in [3.8, 4) is 5.69 Å². The highest BCUT2D eigenvalue weighted by atomic mass is 79.9. The number of hydrogen-bond donors (Lipinski definition) is 2. The van der Waals surface area contributed by atoms with E-state index in [2.05, 4.69) is 20.9 Å². The van der Waals surface area contributed by atoms with Crippen LogP contribution in [0.25, 0.3) is 16.7 Å². The zero-order valence-electron chi connectivity index (χ0n) is 10.0. The lowest BCUT2D eigenvalue weighted by molar-refractivity contribution is 0.270. The summed E-state index contributed by atoms with van der Waals surface area (Å²) in [4.78, 5) is 4.42. The lowest BCUT2D eigenvalue weighted by atomic mass is 10.2. The molecule has 0 saturated carbocycles. The zero-order chi connectivity index (χ0) is 13.4. The van der Waals surface area contributed by atoms with Gasteiger partial charge in [-0.2, -0.15) is 0 Å². The fourth-order valence-electron chi connectivity index (χ4n) is 2.16. The van der Waals surface area contributed by atoms with E-state index in [0.29, 0.717) is 11.5 Å². The lowest BCUT2D eigenvalue weighted by Gasteiger charge is -2.09. The third-order valence-electron chi connectivity index (χ3n) is 2.98. The molecule has 0 bridgehead atoms. The summed E-state index contributed by atoms with van der Waals surface area (Å²) in [5, 5.41) is 9.51. The Morgan fingerprint density at radius 2 is 2.00 bits per heavy atom. The third kappa shape index (κ3) is 2.01. The first-order valence-corrected chi connectivity index (χ1v) is 6.62. The number of hydrogen-bond acceptors (Lipinski definition) is 3. The molecular formula is C14H12BrN3O. The summed E-state index contributed by atoms with van der Waals surface area (Å²) in [5.41, 5.74) is 9.08. The predicted molar refractivity (Wildman–Crippen MR) is 79.1 cm³/mol. The quantitative estimate of drug-likeness (QED) is 0.714.